The van der Waals surface area contributed by atoms with Crippen molar-refractivity contribution in [3.05, 3.63) is 22.6 Å². The molecule has 1 aliphatic heterocycles. The predicted octanol–water partition coefficient (Wildman–Crippen LogP) is 1.24. The van der Waals surface area contributed by atoms with Gasteiger partial charge in [0.25, 0.3) is 0 Å². The Labute approximate surface area is 95.1 Å². The van der Waals surface area contributed by atoms with Crippen molar-refractivity contribution in [2.24, 2.45) is 21.9 Å². The summed E-state index contributed by atoms with van der Waals surface area (Å²) in [4.78, 5) is 4.32. The average Bonchev–Trinajstić information content (AvgIpc) is 2.30. The molecular formula is C10H17ClN4. The van der Waals surface area contributed by atoms with Crippen molar-refractivity contribution >= 4 is 17.4 Å². The second kappa shape index (κ2) is 4.14. The number of hydrogen-bond donors (Lipinski definition) is 3. The zero-order chi connectivity index (χ0) is 11.6. The number of halogens is 1. The summed E-state index contributed by atoms with van der Waals surface area (Å²) in [7, 11) is 0. The highest BCUT2D eigenvalue weighted by Gasteiger charge is 2.30. The minimum atomic E-state index is -0.0103. The van der Waals surface area contributed by atoms with Crippen LogP contribution in [0.25, 0.3) is 0 Å². The normalized spacial score (nSPS) is 21.9. The van der Waals surface area contributed by atoms with Crippen LogP contribution in [0.5, 0.6) is 0 Å². The van der Waals surface area contributed by atoms with Gasteiger partial charge in [-0.3, -0.25) is 0 Å². The Kier molecular flexibility index (Phi) is 3.29. The van der Waals surface area contributed by atoms with Gasteiger partial charge in [0.2, 0.25) is 0 Å². The lowest BCUT2D eigenvalue weighted by atomic mass is 9.91. The van der Waals surface area contributed by atoms with Crippen molar-refractivity contribution in [1.29, 1.82) is 0 Å². The van der Waals surface area contributed by atoms with Gasteiger partial charge in [-0.2, -0.15) is 0 Å². The van der Waals surface area contributed by atoms with Crippen molar-refractivity contribution in [3.8, 4) is 0 Å². The number of hydrogen-bond acceptors (Lipinski definition) is 3. The van der Waals surface area contributed by atoms with Gasteiger partial charge in [0.05, 0.1) is 5.70 Å². The lowest BCUT2D eigenvalue weighted by Crippen LogP contribution is -2.20. The molecule has 0 atom stereocenters. The first kappa shape index (κ1) is 11.9. The zero-order valence-corrected chi connectivity index (χ0v) is 10.0. The third kappa shape index (κ3) is 2.89. The third-order valence-electron chi connectivity index (χ3n) is 2.32. The second-order valence-corrected chi connectivity index (χ2v) is 4.71. The Hall–Kier alpha value is -1.16. The molecule has 0 fully saturated rings. The molecule has 0 saturated carbocycles. The number of amidine groups is 1. The molecule has 0 aromatic carbocycles. The van der Waals surface area contributed by atoms with Crippen molar-refractivity contribution in [3.63, 3.8) is 0 Å². The second-order valence-electron chi connectivity index (χ2n) is 4.28. The summed E-state index contributed by atoms with van der Waals surface area (Å²) >= 11 is 5.51. The zero-order valence-electron chi connectivity index (χ0n) is 9.26. The largest absolute Gasteiger partial charge is 0.389 e. The minimum absolute atomic E-state index is 0.0103. The van der Waals surface area contributed by atoms with E-state index >= 15 is 0 Å². The van der Waals surface area contributed by atoms with Crippen LogP contribution in [0.4, 0.5) is 0 Å². The minimum Gasteiger partial charge on any atom is -0.389 e. The molecule has 5 heteroatoms. The molecule has 1 rings (SSSR count). The van der Waals surface area contributed by atoms with Gasteiger partial charge in [0.15, 0.2) is 0 Å². The molecule has 1 heterocycles. The number of allylic oxidation sites excluding steroid dienone is 1. The van der Waals surface area contributed by atoms with Crippen LogP contribution in [0.2, 0.25) is 0 Å². The van der Waals surface area contributed by atoms with Gasteiger partial charge in [0, 0.05) is 23.7 Å². The van der Waals surface area contributed by atoms with E-state index in [1.165, 1.54) is 6.08 Å². The first-order valence-corrected chi connectivity index (χ1v) is 5.13. The Morgan fingerprint density at radius 2 is 2.13 bits per heavy atom. The van der Waals surface area contributed by atoms with E-state index in [9.17, 15) is 0 Å². The van der Waals surface area contributed by atoms with Crippen LogP contribution in [0.1, 0.15) is 20.8 Å². The summed E-state index contributed by atoms with van der Waals surface area (Å²) < 4.78 is 0. The van der Waals surface area contributed by atoms with Crippen molar-refractivity contribution in [1.82, 2.24) is 5.32 Å². The summed E-state index contributed by atoms with van der Waals surface area (Å²) in [6.45, 7) is 7.06. The number of nitrogens with zero attached hydrogens (tertiary/aromatic N) is 1. The number of nitrogens with one attached hydrogen (secondary N) is 1. The summed E-state index contributed by atoms with van der Waals surface area (Å²) in [6, 6.07) is 0. The Morgan fingerprint density at radius 1 is 1.53 bits per heavy atom. The van der Waals surface area contributed by atoms with Crippen molar-refractivity contribution in [2.75, 3.05) is 6.54 Å². The van der Waals surface area contributed by atoms with E-state index in [0.717, 1.165) is 17.9 Å². The molecule has 0 spiro atoms. The number of rotatable bonds is 2. The number of aliphatic imine (C=N–C) groups is 1. The topological polar surface area (TPSA) is 76.4 Å². The standard InChI is InChI=1S/C10H17ClN4/c1-6-9(10(2,3)5-14-6)15-8(13)4-7(11)12/h4,14H,5,12H2,1-3H3,(H2,13,15)/b7-4-. The number of nitrogens with two attached hydrogens (primary N) is 2. The van der Waals surface area contributed by atoms with Crippen molar-refractivity contribution < 1.29 is 0 Å². The van der Waals surface area contributed by atoms with E-state index < -0.39 is 0 Å². The Bertz CT molecular complexity index is 348. The lowest BCUT2D eigenvalue weighted by molar-refractivity contribution is 0.465. The van der Waals surface area contributed by atoms with Crippen LogP contribution in [-0.2, 0) is 0 Å². The van der Waals surface area contributed by atoms with E-state index in [1.807, 2.05) is 6.92 Å². The maximum absolute atomic E-state index is 5.68. The first-order valence-electron chi connectivity index (χ1n) is 4.75. The molecule has 0 saturated heterocycles. The Balaban J connectivity index is 2.99. The smallest absolute Gasteiger partial charge is 0.126 e. The van der Waals surface area contributed by atoms with Crippen LogP contribution in [0.3, 0.4) is 0 Å². The summed E-state index contributed by atoms with van der Waals surface area (Å²) in [5, 5.41) is 3.39. The Morgan fingerprint density at radius 3 is 2.53 bits per heavy atom. The van der Waals surface area contributed by atoms with Crippen LogP contribution >= 0.6 is 11.6 Å². The molecule has 84 valence electrons. The molecule has 1 aliphatic rings. The molecule has 0 aromatic rings. The van der Waals surface area contributed by atoms with E-state index in [1.54, 1.807) is 0 Å². The molecule has 0 amide bonds. The van der Waals surface area contributed by atoms with Crippen LogP contribution < -0.4 is 16.8 Å². The van der Waals surface area contributed by atoms with Gasteiger partial charge >= 0.3 is 0 Å². The summed E-state index contributed by atoms with van der Waals surface area (Å²) in [5.41, 5.74) is 13.0. The highest BCUT2D eigenvalue weighted by atomic mass is 35.5. The summed E-state index contributed by atoms with van der Waals surface area (Å²) in [6.07, 6.45) is 1.44. The van der Waals surface area contributed by atoms with Gasteiger partial charge in [-0.1, -0.05) is 25.4 Å². The quantitative estimate of drug-likeness (QED) is 0.378. The third-order valence-corrected chi connectivity index (χ3v) is 2.43. The average molecular weight is 229 g/mol. The summed E-state index contributed by atoms with van der Waals surface area (Å²) in [5.74, 6) is 0.327. The predicted molar refractivity (Wildman–Crippen MR) is 64.2 cm³/mol. The fraction of sp³-hybridized carbons (Fsp3) is 0.500. The van der Waals surface area contributed by atoms with Gasteiger partial charge in [0.1, 0.15) is 11.0 Å². The molecule has 0 radical (unpaired) electrons. The molecule has 0 aliphatic carbocycles. The first-order chi connectivity index (χ1) is 6.83. The van der Waals surface area contributed by atoms with Crippen molar-refractivity contribution in [2.45, 2.75) is 20.8 Å². The van der Waals surface area contributed by atoms with Gasteiger partial charge in [-0.05, 0) is 6.92 Å². The van der Waals surface area contributed by atoms with Crippen LogP contribution in [0, 0.1) is 5.41 Å². The van der Waals surface area contributed by atoms with Gasteiger partial charge in [-0.25, -0.2) is 4.99 Å². The van der Waals surface area contributed by atoms with Gasteiger partial charge < -0.3 is 16.8 Å². The van der Waals surface area contributed by atoms with Crippen LogP contribution in [-0.4, -0.2) is 12.4 Å². The molecule has 15 heavy (non-hydrogen) atoms. The molecular weight excluding hydrogens is 212 g/mol. The monoisotopic (exact) mass is 228 g/mol. The maximum atomic E-state index is 5.68. The van der Waals surface area contributed by atoms with E-state index in [-0.39, 0.29) is 10.6 Å². The molecule has 0 unspecified atom stereocenters. The lowest BCUT2D eigenvalue weighted by Gasteiger charge is -2.17. The highest BCUT2D eigenvalue weighted by molar-refractivity contribution is 6.30. The fourth-order valence-electron chi connectivity index (χ4n) is 1.57. The van der Waals surface area contributed by atoms with Crippen LogP contribution in [0.15, 0.2) is 27.6 Å². The van der Waals surface area contributed by atoms with E-state index in [0.29, 0.717) is 5.84 Å². The van der Waals surface area contributed by atoms with Gasteiger partial charge in [-0.15, -0.1) is 0 Å². The SMILES string of the molecule is CC1=C(N=C(N)/C=C(\N)Cl)C(C)(C)CN1. The fourth-order valence-corrected chi connectivity index (χ4v) is 1.68. The molecule has 0 aromatic heterocycles. The molecule has 4 nitrogen and oxygen atoms in total. The molecule has 5 N–H and O–H groups in total. The van der Waals surface area contributed by atoms with E-state index in [4.69, 9.17) is 23.1 Å². The highest BCUT2D eigenvalue weighted by Crippen LogP contribution is 2.33. The van der Waals surface area contributed by atoms with E-state index in [2.05, 4.69) is 24.2 Å². The maximum Gasteiger partial charge on any atom is 0.126 e. The molecule has 0 bridgehead atoms.